The third-order valence-electron chi connectivity index (χ3n) is 4.52. The minimum atomic E-state index is -1.14. The standard InChI is InChI=1S/C18H21N3O5/c1-26-16(12-5-3-2-4-6-12)17(23)20-8-7-14-13(11-20)15(18(24)25)19-21(14)9-10-22/h2-6,16,22H,7-11H2,1H3,(H,24,25)/t16-/m0/s1. The van der Waals surface area contributed by atoms with Crippen LogP contribution in [0.4, 0.5) is 0 Å². The van der Waals surface area contributed by atoms with E-state index in [1.807, 2.05) is 30.3 Å². The van der Waals surface area contributed by atoms with Crippen molar-refractivity contribution >= 4 is 11.9 Å². The van der Waals surface area contributed by atoms with Crippen molar-refractivity contribution in [2.45, 2.75) is 25.6 Å². The fourth-order valence-corrected chi connectivity index (χ4v) is 3.30. The molecule has 0 spiro atoms. The molecule has 1 aliphatic rings. The molecule has 0 unspecified atom stereocenters. The molecule has 1 amide bonds. The number of carboxylic acid groups (broad SMARTS) is 1. The number of benzene rings is 1. The highest BCUT2D eigenvalue weighted by atomic mass is 16.5. The Hall–Kier alpha value is -2.71. The molecule has 2 N–H and O–H groups in total. The van der Waals surface area contributed by atoms with E-state index in [-0.39, 0.29) is 31.3 Å². The monoisotopic (exact) mass is 359 g/mol. The molecular weight excluding hydrogens is 338 g/mol. The molecule has 0 bridgehead atoms. The number of aromatic carboxylic acids is 1. The number of ether oxygens (including phenoxy) is 1. The van der Waals surface area contributed by atoms with Crippen LogP contribution < -0.4 is 0 Å². The number of amides is 1. The van der Waals surface area contributed by atoms with Crippen LogP contribution in [0.3, 0.4) is 0 Å². The van der Waals surface area contributed by atoms with E-state index < -0.39 is 12.1 Å². The van der Waals surface area contributed by atoms with Crippen LogP contribution in [-0.2, 0) is 29.0 Å². The summed E-state index contributed by atoms with van der Waals surface area (Å²) in [7, 11) is 1.48. The Balaban J connectivity index is 1.87. The molecule has 138 valence electrons. The molecule has 0 radical (unpaired) electrons. The lowest BCUT2D eigenvalue weighted by atomic mass is 10.0. The van der Waals surface area contributed by atoms with Crippen LogP contribution in [0.15, 0.2) is 30.3 Å². The molecule has 26 heavy (non-hydrogen) atoms. The largest absolute Gasteiger partial charge is 0.476 e. The highest BCUT2D eigenvalue weighted by Gasteiger charge is 2.33. The molecule has 1 aliphatic heterocycles. The van der Waals surface area contributed by atoms with Crippen LogP contribution in [0, 0.1) is 0 Å². The number of methoxy groups -OCH3 is 1. The number of hydrogen-bond donors (Lipinski definition) is 2. The van der Waals surface area contributed by atoms with Gasteiger partial charge in [0, 0.05) is 31.3 Å². The van der Waals surface area contributed by atoms with Crippen molar-refractivity contribution in [1.29, 1.82) is 0 Å². The first kappa shape index (κ1) is 18.1. The van der Waals surface area contributed by atoms with Crippen molar-refractivity contribution in [3.63, 3.8) is 0 Å². The lowest BCUT2D eigenvalue weighted by Gasteiger charge is -2.30. The number of hydrogen-bond acceptors (Lipinski definition) is 5. The van der Waals surface area contributed by atoms with Gasteiger partial charge >= 0.3 is 5.97 Å². The van der Waals surface area contributed by atoms with Gasteiger partial charge in [-0.15, -0.1) is 0 Å². The Kier molecular flexibility index (Phi) is 5.34. The summed E-state index contributed by atoms with van der Waals surface area (Å²) >= 11 is 0. The Morgan fingerprint density at radius 1 is 1.31 bits per heavy atom. The lowest BCUT2D eigenvalue weighted by molar-refractivity contribution is -0.143. The van der Waals surface area contributed by atoms with Gasteiger partial charge in [-0.25, -0.2) is 4.79 Å². The number of aliphatic hydroxyl groups excluding tert-OH is 1. The average Bonchev–Trinajstić information content (AvgIpc) is 3.02. The zero-order chi connectivity index (χ0) is 18.7. The minimum Gasteiger partial charge on any atom is -0.476 e. The number of carboxylic acids is 1. The number of rotatable bonds is 6. The van der Waals surface area contributed by atoms with E-state index >= 15 is 0 Å². The second kappa shape index (κ2) is 7.67. The summed E-state index contributed by atoms with van der Waals surface area (Å²) in [4.78, 5) is 26.0. The van der Waals surface area contributed by atoms with E-state index in [1.54, 1.807) is 4.90 Å². The average molecular weight is 359 g/mol. The van der Waals surface area contributed by atoms with Crippen molar-refractivity contribution in [1.82, 2.24) is 14.7 Å². The van der Waals surface area contributed by atoms with Crippen LogP contribution in [0.2, 0.25) is 0 Å². The first-order valence-corrected chi connectivity index (χ1v) is 8.36. The maximum Gasteiger partial charge on any atom is 0.356 e. The van der Waals surface area contributed by atoms with Gasteiger partial charge in [-0.3, -0.25) is 9.48 Å². The SMILES string of the molecule is CO[C@H](C(=O)N1CCc2c(c(C(=O)O)nn2CCO)C1)c1ccccc1. The third-order valence-corrected chi connectivity index (χ3v) is 4.52. The van der Waals surface area contributed by atoms with E-state index in [0.717, 1.165) is 11.3 Å². The topological polar surface area (TPSA) is 105 Å². The predicted molar refractivity (Wildman–Crippen MR) is 91.6 cm³/mol. The molecule has 8 nitrogen and oxygen atoms in total. The van der Waals surface area contributed by atoms with Gasteiger partial charge in [0.15, 0.2) is 11.8 Å². The van der Waals surface area contributed by atoms with Gasteiger partial charge in [0.1, 0.15) is 0 Å². The number of aromatic nitrogens is 2. The van der Waals surface area contributed by atoms with E-state index in [9.17, 15) is 14.7 Å². The molecule has 1 atom stereocenters. The molecule has 0 saturated carbocycles. The molecule has 2 heterocycles. The summed E-state index contributed by atoms with van der Waals surface area (Å²) in [5.74, 6) is -1.35. The van der Waals surface area contributed by atoms with Gasteiger partial charge in [-0.1, -0.05) is 30.3 Å². The fourth-order valence-electron chi connectivity index (χ4n) is 3.30. The second-order valence-corrected chi connectivity index (χ2v) is 6.06. The summed E-state index contributed by atoms with van der Waals surface area (Å²) in [6, 6.07) is 9.18. The summed E-state index contributed by atoms with van der Waals surface area (Å²) in [6.07, 6.45) is -0.259. The number of nitrogens with zero attached hydrogens (tertiary/aromatic N) is 3. The van der Waals surface area contributed by atoms with Crippen molar-refractivity contribution in [2.75, 3.05) is 20.3 Å². The minimum absolute atomic E-state index is 0.0698. The van der Waals surface area contributed by atoms with Gasteiger partial charge in [0.05, 0.1) is 19.7 Å². The Bertz CT molecular complexity index is 803. The zero-order valence-electron chi connectivity index (χ0n) is 14.5. The summed E-state index contributed by atoms with van der Waals surface area (Å²) in [5.41, 5.74) is 1.96. The number of fused-ring (bicyclic) bond motifs is 1. The molecule has 2 aromatic rings. The van der Waals surface area contributed by atoms with Gasteiger partial charge in [-0.2, -0.15) is 5.10 Å². The van der Waals surface area contributed by atoms with Crippen molar-refractivity contribution in [3.05, 3.63) is 52.8 Å². The quantitative estimate of drug-likeness (QED) is 0.792. The van der Waals surface area contributed by atoms with Crippen LogP contribution in [0.1, 0.15) is 33.4 Å². The predicted octanol–water partition coefficient (Wildman–Crippen LogP) is 0.846. The normalized spacial score (nSPS) is 14.8. The highest BCUT2D eigenvalue weighted by Crippen LogP contribution is 2.27. The third kappa shape index (κ3) is 3.33. The Labute approximate surface area is 150 Å². The molecule has 3 rings (SSSR count). The maximum absolute atomic E-state index is 12.9. The van der Waals surface area contributed by atoms with Crippen LogP contribution in [0.25, 0.3) is 0 Å². The van der Waals surface area contributed by atoms with Gasteiger partial charge in [-0.05, 0) is 5.56 Å². The number of aliphatic hydroxyl groups is 1. The summed E-state index contributed by atoms with van der Waals surface area (Å²) < 4.78 is 6.92. The van der Waals surface area contributed by atoms with Gasteiger partial charge in [0.25, 0.3) is 5.91 Å². The fraction of sp³-hybridized carbons (Fsp3) is 0.389. The van der Waals surface area contributed by atoms with Crippen LogP contribution in [-0.4, -0.2) is 57.0 Å². The van der Waals surface area contributed by atoms with E-state index in [1.165, 1.54) is 11.8 Å². The van der Waals surface area contributed by atoms with Crippen molar-refractivity contribution < 1.29 is 24.5 Å². The van der Waals surface area contributed by atoms with Crippen molar-refractivity contribution in [3.8, 4) is 0 Å². The number of carbonyl (C=O) groups is 2. The molecule has 0 fully saturated rings. The zero-order valence-corrected chi connectivity index (χ0v) is 14.5. The Morgan fingerprint density at radius 3 is 2.65 bits per heavy atom. The molecular formula is C18H21N3O5. The summed E-state index contributed by atoms with van der Waals surface area (Å²) in [5, 5.41) is 22.7. The molecule has 0 saturated heterocycles. The van der Waals surface area contributed by atoms with E-state index in [0.29, 0.717) is 18.5 Å². The molecule has 1 aromatic heterocycles. The van der Waals surface area contributed by atoms with Gasteiger partial charge in [0.2, 0.25) is 0 Å². The smallest absolute Gasteiger partial charge is 0.356 e. The molecule has 0 aliphatic carbocycles. The molecule has 1 aromatic carbocycles. The second-order valence-electron chi connectivity index (χ2n) is 6.06. The van der Waals surface area contributed by atoms with Crippen molar-refractivity contribution in [2.24, 2.45) is 0 Å². The first-order chi connectivity index (χ1) is 12.6. The first-order valence-electron chi connectivity index (χ1n) is 8.36. The van der Waals surface area contributed by atoms with Gasteiger partial charge < -0.3 is 19.8 Å². The summed E-state index contributed by atoms with van der Waals surface area (Å²) in [6.45, 7) is 0.701. The lowest BCUT2D eigenvalue weighted by Crippen LogP contribution is -2.40. The van der Waals surface area contributed by atoms with E-state index in [2.05, 4.69) is 5.10 Å². The Morgan fingerprint density at radius 2 is 2.04 bits per heavy atom. The number of carbonyl (C=O) groups excluding carboxylic acids is 1. The highest BCUT2D eigenvalue weighted by molar-refractivity contribution is 5.88. The molecule has 8 heteroatoms. The maximum atomic E-state index is 12.9. The van der Waals surface area contributed by atoms with Crippen LogP contribution in [0.5, 0.6) is 0 Å². The van der Waals surface area contributed by atoms with E-state index in [4.69, 9.17) is 9.84 Å². The van der Waals surface area contributed by atoms with Crippen LogP contribution >= 0.6 is 0 Å².